The topological polar surface area (TPSA) is 73.9 Å². The number of cyclic esters (lactones) is 1. The molecule has 0 atom stereocenters. The zero-order chi connectivity index (χ0) is 14.1. The monoisotopic (exact) mass is 279 g/mol. The molecule has 104 valence electrons. The minimum Gasteiger partial charge on any atom is -0.404 e. The van der Waals surface area contributed by atoms with E-state index in [0.717, 1.165) is 6.08 Å². The van der Waals surface area contributed by atoms with E-state index in [9.17, 15) is 14.0 Å². The van der Waals surface area contributed by atoms with Crippen LogP contribution < -0.4 is 5.32 Å². The molecule has 6 nitrogen and oxygen atoms in total. The second-order valence-corrected chi connectivity index (χ2v) is 4.17. The Kier molecular flexibility index (Phi) is 3.21. The van der Waals surface area contributed by atoms with Crippen LogP contribution in [0.2, 0.25) is 0 Å². The van der Waals surface area contributed by atoms with Crippen LogP contribution in [-0.4, -0.2) is 25.2 Å². The van der Waals surface area contributed by atoms with E-state index in [1.165, 1.54) is 12.1 Å². The second-order valence-electron chi connectivity index (χ2n) is 4.17. The van der Waals surface area contributed by atoms with Crippen molar-refractivity contribution in [1.82, 2.24) is 5.32 Å². The van der Waals surface area contributed by atoms with Crippen LogP contribution in [0.25, 0.3) is 6.08 Å². The van der Waals surface area contributed by atoms with Gasteiger partial charge >= 0.3 is 6.09 Å². The third-order valence-corrected chi connectivity index (χ3v) is 2.88. The Balaban J connectivity index is 2.02. The Morgan fingerprint density at radius 3 is 2.65 bits per heavy atom. The average molecular weight is 279 g/mol. The van der Waals surface area contributed by atoms with Crippen molar-refractivity contribution < 1.29 is 28.2 Å². The summed E-state index contributed by atoms with van der Waals surface area (Å²) in [5, 5.41) is 1.94. The zero-order valence-electron chi connectivity index (χ0n) is 10.2. The van der Waals surface area contributed by atoms with Gasteiger partial charge in [0.05, 0.1) is 13.2 Å². The van der Waals surface area contributed by atoms with Gasteiger partial charge in [-0.05, 0) is 12.1 Å². The van der Waals surface area contributed by atoms with E-state index in [0.29, 0.717) is 18.8 Å². The molecular weight excluding hydrogens is 269 g/mol. The summed E-state index contributed by atoms with van der Waals surface area (Å²) in [6.45, 7) is 0.819. The van der Waals surface area contributed by atoms with Gasteiger partial charge in [-0.1, -0.05) is 12.1 Å². The fourth-order valence-electron chi connectivity index (χ4n) is 2.00. The van der Waals surface area contributed by atoms with Crippen LogP contribution in [0, 0.1) is 5.82 Å². The first kappa shape index (κ1) is 12.8. The summed E-state index contributed by atoms with van der Waals surface area (Å²) in [7, 11) is 0. The number of hydrogen-bond donors (Lipinski definition) is 1. The van der Waals surface area contributed by atoms with Gasteiger partial charge in [-0.3, -0.25) is 10.1 Å². The van der Waals surface area contributed by atoms with E-state index in [1.54, 1.807) is 6.07 Å². The predicted octanol–water partition coefficient (Wildman–Crippen LogP) is 1.48. The lowest BCUT2D eigenvalue weighted by Gasteiger charge is -2.13. The first-order chi connectivity index (χ1) is 9.65. The summed E-state index contributed by atoms with van der Waals surface area (Å²) in [5.41, 5.74) is 0.532. The number of carbonyl (C=O) groups excluding carboxylic acids is 2. The van der Waals surface area contributed by atoms with E-state index < -0.39 is 24.1 Å². The summed E-state index contributed by atoms with van der Waals surface area (Å²) in [5.74, 6) is -1.54. The van der Waals surface area contributed by atoms with Gasteiger partial charge in [0.25, 0.3) is 5.91 Å². The Hall–Kier alpha value is -2.25. The lowest BCUT2D eigenvalue weighted by molar-refractivity contribution is -0.116. The third-order valence-electron chi connectivity index (χ3n) is 2.88. The molecule has 0 aromatic heterocycles. The van der Waals surface area contributed by atoms with Crippen molar-refractivity contribution in [3.63, 3.8) is 0 Å². The maximum Gasteiger partial charge on any atom is 0.419 e. The highest BCUT2D eigenvalue weighted by atomic mass is 19.1. The lowest BCUT2D eigenvalue weighted by Crippen LogP contribution is -2.18. The highest BCUT2D eigenvalue weighted by Crippen LogP contribution is 2.29. The number of hydrogen-bond acceptors (Lipinski definition) is 5. The van der Waals surface area contributed by atoms with Crippen LogP contribution >= 0.6 is 0 Å². The van der Waals surface area contributed by atoms with Crippen molar-refractivity contribution in [2.45, 2.75) is 6.29 Å². The third kappa shape index (κ3) is 2.28. The fourth-order valence-corrected chi connectivity index (χ4v) is 2.00. The van der Waals surface area contributed by atoms with Crippen LogP contribution in [0.5, 0.6) is 0 Å². The molecule has 3 rings (SSSR count). The van der Waals surface area contributed by atoms with Gasteiger partial charge < -0.3 is 14.2 Å². The molecule has 0 saturated carbocycles. The predicted molar refractivity (Wildman–Crippen MR) is 63.6 cm³/mol. The number of ether oxygens (including phenoxy) is 3. The summed E-state index contributed by atoms with van der Waals surface area (Å²) in [6.07, 6.45) is -0.416. The SMILES string of the molecule is O=C1NC(=O)C(=Cc2c(F)cccc2C2OCCO2)O1. The molecule has 2 aliphatic heterocycles. The number of nitrogens with one attached hydrogen (secondary N) is 1. The molecule has 0 radical (unpaired) electrons. The van der Waals surface area contributed by atoms with Crippen molar-refractivity contribution in [2.24, 2.45) is 0 Å². The number of amides is 2. The fraction of sp³-hybridized carbons (Fsp3) is 0.231. The molecule has 2 aliphatic rings. The largest absolute Gasteiger partial charge is 0.419 e. The number of carbonyl (C=O) groups is 2. The van der Waals surface area contributed by atoms with Crippen LogP contribution in [0.4, 0.5) is 9.18 Å². The molecule has 1 aromatic carbocycles. The van der Waals surface area contributed by atoms with Gasteiger partial charge in [0, 0.05) is 11.1 Å². The van der Waals surface area contributed by atoms with Gasteiger partial charge in [-0.2, -0.15) is 0 Å². The van der Waals surface area contributed by atoms with E-state index in [-0.39, 0.29) is 11.3 Å². The average Bonchev–Trinajstić information content (AvgIpc) is 3.02. The van der Waals surface area contributed by atoms with Gasteiger partial charge in [-0.25, -0.2) is 9.18 Å². The second kappa shape index (κ2) is 5.03. The number of imide groups is 1. The van der Waals surface area contributed by atoms with Gasteiger partial charge in [-0.15, -0.1) is 0 Å². The first-order valence-corrected chi connectivity index (χ1v) is 5.91. The van der Waals surface area contributed by atoms with Crippen LogP contribution in [0.1, 0.15) is 17.4 Å². The number of rotatable bonds is 2. The Bertz CT molecular complexity index is 607. The van der Waals surface area contributed by atoms with Crippen molar-refractivity contribution in [1.29, 1.82) is 0 Å². The van der Waals surface area contributed by atoms with E-state index >= 15 is 0 Å². The van der Waals surface area contributed by atoms with Gasteiger partial charge in [0.2, 0.25) is 0 Å². The zero-order valence-corrected chi connectivity index (χ0v) is 10.2. The maximum atomic E-state index is 14.0. The molecule has 0 spiro atoms. The summed E-state index contributed by atoms with van der Waals surface area (Å²) >= 11 is 0. The number of alkyl carbamates (subject to hydrolysis) is 1. The van der Waals surface area contributed by atoms with Crippen LogP contribution in [0.3, 0.4) is 0 Å². The Morgan fingerprint density at radius 2 is 2.00 bits per heavy atom. The van der Waals surface area contributed by atoms with E-state index in [2.05, 4.69) is 4.74 Å². The molecule has 7 heteroatoms. The van der Waals surface area contributed by atoms with Gasteiger partial charge in [0.15, 0.2) is 12.0 Å². The quantitative estimate of drug-likeness (QED) is 0.830. The summed E-state index contributed by atoms with van der Waals surface area (Å²) < 4.78 is 29.3. The van der Waals surface area contributed by atoms with Crippen LogP contribution in [0.15, 0.2) is 24.0 Å². The minimum absolute atomic E-state index is 0.0965. The number of benzene rings is 1. The van der Waals surface area contributed by atoms with Gasteiger partial charge in [0.1, 0.15) is 5.82 Å². The lowest BCUT2D eigenvalue weighted by atomic mass is 10.1. The smallest absolute Gasteiger partial charge is 0.404 e. The van der Waals surface area contributed by atoms with Crippen molar-refractivity contribution in [2.75, 3.05) is 13.2 Å². The number of halogens is 1. The Morgan fingerprint density at radius 1 is 1.25 bits per heavy atom. The first-order valence-electron chi connectivity index (χ1n) is 5.91. The van der Waals surface area contributed by atoms with E-state index in [4.69, 9.17) is 9.47 Å². The van der Waals surface area contributed by atoms with Crippen molar-refractivity contribution in [3.8, 4) is 0 Å². The molecule has 2 heterocycles. The maximum absolute atomic E-state index is 14.0. The summed E-state index contributed by atoms with van der Waals surface area (Å²) in [4.78, 5) is 22.4. The molecule has 0 aliphatic carbocycles. The summed E-state index contributed by atoms with van der Waals surface area (Å²) in [6, 6.07) is 4.37. The Labute approximate surface area is 113 Å². The minimum atomic E-state index is -0.882. The molecular formula is C13H10FNO5. The molecule has 0 bridgehead atoms. The molecule has 0 unspecified atom stereocenters. The molecule has 2 amide bonds. The van der Waals surface area contributed by atoms with Crippen molar-refractivity contribution in [3.05, 3.63) is 40.9 Å². The highest BCUT2D eigenvalue weighted by Gasteiger charge is 2.28. The highest BCUT2D eigenvalue weighted by molar-refractivity contribution is 6.09. The molecule has 1 N–H and O–H groups in total. The van der Waals surface area contributed by atoms with Crippen molar-refractivity contribution >= 4 is 18.1 Å². The molecule has 1 aromatic rings. The molecule has 2 saturated heterocycles. The standard InChI is InChI=1S/C13H10FNO5/c14-9-3-1-2-7(12-18-4-5-19-12)8(9)6-10-11(16)15-13(17)20-10/h1-3,6,12H,4-5H2,(H,15,16,17). The molecule has 2 fully saturated rings. The van der Waals surface area contributed by atoms with E-state index in [1.807, 2.05) is 5.32 Å². The van der Waals surface area contributed by atoms with Crippen LogP contribution in [-0.2, 0) is 19.0 Å². The molecule has 20 heavy (non-hydrogen) atoms. The normalized spacial score (nSPS) is 21.4.